The first-order chi connectivity index (χ1) is 22.5. The molecule has 5 heteroatoms. The van der Waals surface area contributed by atoms with Crippen LogP contribution in [-0.4, -0.2) is 13.2 Å². The van der Waals surface area contributed by atoms with Crippen molar-refractivity contribution >= 4 is 5.69 Å². The highest BCUT2D eigenvalue weighted by atomic mass is 16.5. The Morgan fingerprint density at radius 2 is 1.13 bits per heavy atom. The molecule has 5 nitrogen and oxygen atoms in total. The number of hydrogen-bond acceptors (Lipinski definition) is 5. The van der Waals surface area contributed by atoms with E-state index in [4.69, 9.17) is 19.9 Å². The van der Waals surface area contributed by atoms with Gasteiger partial charge in [0.1, 0.15) is 37.1 Å². The van der Waals surface area contributed by atoms with Gasteiger partial charge in [0.2, 0.25) is 0 Å². The van der Waals surface area contributed by atoms with E-state index in [1.165, 1.54) is 22.4 Å². The fraction of sp³-hybridized carbons (Fsp3) is 0.268. The van der Waals surface area contributed by atoms with E-state index >= 15 is 0 Å². The molecule has 1 unspecified atom stereocenters. The molecule has 0 aliphatic carbocycles. The van der Waals surface area contributed by atoms with Gasteiger partial charge in [-0.05, 0) is 70.3 Å². The molecule has 0 saturated carbocycles. The van der Waals surface area contributed by atoms with Crippen molar-refractivity contribution in [3.8, 4) is 17.2 Å². The summed E-state index contributed by atoms with van der Waals surface area (Å²) >= 11 is 0. The first-order valence-corrected chi connectivity index (χ1v) is 16.3. The number of benzene rings is 5. The molecule has 5 aromatic carbocycles. The number of ether oxygens (including phenoxy) is 3. The highest BCUT2D eigenvalue weighted by molar-refractivity contribution is 5.67. The molecule has 0 spiro atoms. The lowest BCUT2D eigenvalue weighted by Gasteiger charge is -2.35. The molecule has 5 aromatic rings. The predicted octanol–water partition coefficient (Wildman–Crippen LogP) is 9.25. The third-order valence-corrected chi connectivity index (χ3v) is 8.32. The average Bonchev–Trinajstić information content (AvgIpc) is 3.33. The van der Waals surface area contributed by atoms with Crippen LogP contribution in [0.4, 0.5) is 5.69 Å². The second kappa shape index (κ2) is 15.5. The Bertz CT molecular complexity index is 1640. The van der Waals surface area contributed by atoms with Crippen molar-refractivity contribution < 1.29 is 14.2 Å². The minimum atomic E-state index is -0.182. The van der Waals surface area contributed by atoms with Crippen LogP contribution in [0.25, 0.3) is 0 Å². The van der Waals surface area contributed by atoms with Gasteiger partial charge < -0.3 is 24.8 Å². The van der Waals surface area contributed by atoms with Gasteiger partial charge in [0.05, 0.1) is 6.04 Å². The lowest BCUT2D eigenvalue weighted by molar-refractivity contribution is 0.305. The van der Waals surface area contributed by atoms with Crippen molar-refractivity contribution in [2.45, 2.75) is 58.9 Å². The van der Waals surface area contributed by atoms with Gasteiger partial charge in [0.15, 0.2) is 0 Å². The van der Waals surface area contributed by atoms with E-state index in [-0.39, 0.29) is 11.5 Å². The van der Waals surface area contributed by atoms with Crippen LogP contribution in [0.15, 0.2) is 127 Å². The molecule has 0 radical (unpaired) electrons. The van der Waals surface area contributed by atoms with E-state index < -0.39 is 0 Å². The standard InChI is InChI=1S/C39H40N2O3.C2H6/c1-39(2)36-25-35(44-28-31-11-7-4-8-12-31)21-22-37(36)41(26-29-13-17-33(18-14-29)42-24-23-40)38(39)32-15-19-34(20-16-32)43-27-30-9-5-3-6-10-30;1-2/h3-22,25,38H,23-24,26-28,40H2,1-2H3;1-2H3. The molecule has 0 saturated heterocycles. The number of fused-ring (bicyclic) bond motifs is 1. The van der Waals surface area contributed by atoms with Gasteiger partial charge in [-0.25, -0.2) is 0 Å². The lowest BCUT2D eigenvalue weighted by atomic mass is 9.77. The van der Waals surface area contributed by atoms with Crippen LogP contribution in [-0.2, 0) is 25.2 Å². The van der Waals surface area contributed by atoms with Crippen LogP contribution in [0.2, 0.25) is 0 Å². The molecule has 0 aromatic heterocycles. The first-order valence-electron chi connectivity index (χ1n) is 16.3. The molecule has 0 amide bonds. The van der Waals surface area contributed by atoms with Crippen LogP contribution < -0.4 is 24.8 Å². The Balaban J connectivity index is 0.00000204. The summed E-state index contributed by atoms with van der Waals surface area (Å²) in [6, 6.07) is 44.2. The van der Waals surface area contributed by atoms with E-state index in [1.807, 2.05) is 62.4 Å². The van der Waals surface area contributed by atoms with Gasteiger partial charge in [-0.2, -0.15) is 0 Å². The largest absolute Gasteiger partial charge is 0.492 e. The van der Waals surface area contributed by atoms with Gasteiger partial charge in [0, 0.05) is 24.2 Å². The topological polar surface area (TPSA) is 57.0 Å². The van der Waals surface area contributed by atoms with Crippen molar-refractivity contribution in [3.05, 3.63) is 155 Å². The van der Waals surface area contributed by atoms with Gasteiger partial charge in [-0.3, -0.25) is 0 Å². The minimum absolute atomic E-state index is 0.109. The molecule has 2 N–H and O–H groups in total. The molecule has 0 bridgehead atoms. The third-order valence-electron chi connectivity index (χ3n) is 8.32. The van der Waals surface area contributed by atoms with Crippen molar-refractivity contribution in [1.29, 1.82) is 0 Å². The summed E-state index contributed by atoms with van der Waals surface area (Å²) < 4.78 is 18.1. The zero-order chi connectivity index (χ0) is 32.4. The van der Waals surface area contributed by atoms with Gasteiger partial charge in [-0.1, -0.05) is 113 Å². The molecule has 1 heterocycles. The summed E-state index contributed by atoms with van der Waals surface area (Å²) in [5, 5.41) is 0. The van der Waals surface area contributed by atoms with Crippen LogP contribution in [0, 0.1) is 0 Å². The normalized spacial score (nSPS) is 14.5. The second-order valence-electron chi connectivity index (χ2n) is 11.8. The smallest absolute Gasteiger partial charge is 0.120 e. The number of rotatable bonds is 12. The summed E-state index contributed by atoms with van der Waals surface area (Å²) in [5.41, 5.74) is 12.7. The summed E-state index contributed by atoms with van der Waals surface area (Å²) in [6.45, 7) is 11.5. The molecule has 1 atom stereocenters. The molecule has 6 rings (SSSR count). The van der Waals surface area contributed by atoms with E-state index in [2.05, 4.69) is 97.6 Å². The maximum Gasteiger partial charge on any atom is 0.120 e. The van der Waals surface area contributed by atoms with Gasteiger partial charge >= 0.3 is 0 Å². The van der Waals surface area contributed by atoms with E-state index in [9.17, 15) is 0 Å². The minimum Gasteiger partial charge on any atom is -0.492 e. The zero-order valence-corrected chi connectivity index (χ0v) is 27.5. The summed E-state index contributed by atoms with van der Waals surface area (Å²) in [5.74, 6) is 2.58. The van der Waals surface area contributed by atoms with Gasteiger partial charge in [-0.15, -0.1) is 0 Å². The molecular formula is C41H46N2O3. The quantitative estimate of drug-likeness (QED) is 0.152. The Morgan fingerprint density at radius 1 is 0.609 bits per heavy atom. The number of nitrogens with zero attached hydrogens (tertiary/aromatic N) is 1. The van der Waals surface area contributed by atoms with Crippen LogP contribution in [0.5, 0.6) is 17.2 Å². The maximum absolute atomic E-state index is 6.27. The molecule has 238 valence electrons. The second-order valence-corrected chi connectivity index (χ2v) is 11.8. The molecule has 46 heavy (non-hydrogen) atoms. The highest BCUT2D eigenvalue weighted by Crippen LogP contribution is 2.54. The van der Waals surface area contributed by atoms with Crippen molar-refractivity contribution in [2.24, 2.45) is 5.73 Å². The predicted molar refractivity (Wildman–Crippen MR) is 189 cm³/mol. The van der Waals surface area contributed by atoms with E-state index in [0.29, 0.717) is 26.4 Å². The molecular weight excluding hydrogens is 568 g/mol. The van der Waals surface area contributed by atoms with Gasteiger partial charge in [0.25, 0.3) is 0 Å². The van der Waals surface area contributed by atoms with Crippen molar-refractivity contribution in [1.82, 2.24) is 0 Å². The fourth-order valence-corrected chi connectivity index (χ4v) is 6.11. The maximum atomic E-state index is 6.27. The zero-order valence-electron chi connectivity index (χ0n) is 27.5. The van der Waals surface area contributed by atoms with Crippen molar-refractivity contribution in [2.75, 3.05) is 18.1 Å². The Morgan fingerprint density at radius 3 is 1.72 bits per heavy atom. The van der Waals surface area contributed by atoms with E-state index in [0.717, 1.165) is 34.9 Å². The first kappa shape index (κ1) is 32.6. The fourth-order valence-electron chi connectivity index (χ4n) is 6.11. The van der Waals surface area contributed by atoms with Crippen LogP contribution >= 0.6 is 0 Å². The van der Waals surface area contributed by atoms with Crippen LogP contribution in [0.1, 0.15) is 61.6 Å². The Kier molecular flexibility index (Phi) is 11.0. The summed E-state index contributed by atoms with van der Waals surface area (Å²) in [6.07, 6.45) is 0. The number of hydrogen-bond donors (Lipinski definition) is 1. The van der Waals surface area contributed by atoms with Crippen LogP contribution in [0.3, 0.4) is 0 Å². The SMILES string of the molecule is CC.CC1(C)c2cc(OCc3ccccc3)ccc2N(Cc2ccc(OCCN)cc2)C1c1ccc(OCc2ccccc2)cc1. The number of nitrogens with two attached hydrogens (primary N) is 1. The summed E-state index contributed by atoms with van der Waals surface area (Å²) in [4.78, 5) is 2.52. The third kappa shape index (κ3) is 7.72. The highest BCUT2D eigenvalue weighted by Gasteiger charge is 2.45. The summed E-state index contributed by atoms with van der Waals surface area (Å²) in [7, 11) is 0. The van der Waals surface area contributed by atoms with E-state index in [1.54, 1.807) is 0 Å². The lowest BCUT2D eigenvalue weighted by Crippen LogP contribution is -2.33. The number of anilines is 1. The van der Waals surface area contributed by atoms with Crippen molar-refractivity contribution in [3.63, 3.8) is 0 Å². The Hall–Kier alpha value is -4.74. The average molecular weight is 615 g/mol. The molecule has 0 fully saturated rings. The molecule has 1 aliphatic rings. The Labute approximate surface area is 274 Å². The molecule has 1 aliphatic heterocycles. The monoisotopic (exact) mass is 614 g/mol.